The molecule has 1 unspecified atom stereocenters. The van der Waals surface area contributed by atoms with Crippen LogP contribution in [0.5, 0.6) is 0 Å². The standard InChI is InChI=1S/C14H24N4O4/c1-8(19)11(12(15)20)17-13(21)10-3-5-18(7-10)14(22)9-2-4-16-6-9/h8-11,16,19H,2-7H2,1H3,(H2,15,20)(H,17,21)/t8-,9+,10?,11+/m1/s1. The summed E-state index contributed by atoms with van der Waals surface area (Å²) < 4.78 is 0. The van der Waals surface area contributed by atoms with Crippen molar-refractivity contribution in [3.8, 4) is 0 Å². The molecule has 2 saturated heterocycles. The van der Waals surface area contributed by atoms with Gasteiger partial charge in [-0.3, -0.25) is 14.4 Å². The van der Waals surface area contributed by atoms with Crippen LogP contribution < -0.4 is 16.4 Å². The van der Waals surface area contributed by atoms with Gasteiger partial charge in [0.15, 0.2) is 0 Å². The molecule has 2 fully saturated rings. The Hall–Kier alpha value is -1.67. The third-order valence-corrected chi connectivity index (χ3v) is 4.37. The van der Waals surface area contributed by atoms with Crippen LogP contribution in [0.15, 0.2) is 0 Å². The second-order valence-electron chi connectivity index (χ2n) is 6.09. The van der Waals surface area contributed by atoms with E-state index in [2.05, 4.69) is 10.6 Å². The molecule has 22 heavy (non-hydrogen) atoms. The molecule has 3 amide bonds. The molecule has 0 aromatic heterocycles. The Morgan fingerprint density at radius 3 is 2.59 bits per heavy atom. The topological polar surface area (TPSA) is 125 Å². The molecule has 4 atom stereocenters. The predicted molar refractivity (Wildman–Crippen MR) is 78.5 cm³/mol. The van der Waals surface area contributed by atoms with Crippen LogP contribution in [0.4, 0.5) is 0 Å². The third kappa shape index (κ3) is 3.75. The molecular formula is C14H24N4O4. The first kappa shape index (κ1) is 16.7. The fraction of sp³-hybridized carbons (Fsp3) is 0.786. The van der Waals surface area contributed by atoms with Crippen molar-refractivity contribution >= 4 is 17.7 Å². The van der Waals surface area contributed by atoms with Gasteiger partial charge in [0.25, 0.3) is 0 Å². The smallest absolute Gasteiger partial charge is 0.242 e. The molecule has 124 valence electrons. The number of amides is 3. The maximum Gasteiger partial charge on any atom is 0.242 e. The summed E-state index contributed by atoms with van der Waals surface area (Å²) in [4.78, 5) is 37.4. The summed E-state index contributed by atoms with van der Waals surface area (Å²) in [5.41, 5.74) is 5.16. The molecule has 2 aliphatic rings. The van der Waals surface area contributed by atoms with Crippen LogP contribution in [0.3, 0.4) is 0 Å². The van der Waals surface area contributed by atoms with Crippen molar-refractivity contribution in [2.45, 2.75) is 31.9 Å². The molecule has 0 radical (unpaired) electrons. The summed E-state index contributed by atoms with van der Waals surface area (Å²) in [7, 11) is 0. The van der Waals surface area contributed by atoms with Crippen molar-refractivity contribution < 1.29 is 19.5 Å². The van der Waals surface area contributed by atoms with Crippen LogP contribution in [-0.2, 0) is 14.4 Å². The van der Waals surface area contributed by atoms with Gasteiger partial charge in [-0.15, -0.1) is 0 Å². The van der Waals surface area contributed by atoms with Gasteiger partial charge < -0.3 is 26.4 Å². The number of nitrogens with zero attached hydrogens (tertiary/aromatic N) is 1. The molecule has 8 heteroatoms. The first-order chi connectivity index (χ1) is 10.4. The van der Waals surface area contributed by atoms with Gasteiger partial charge in [-0.2, -0.15) is 0 Å². The zero-order valence-corrected chi connectivity index (χ0v) is 12.7. The minimum Gasteiger partial charge on any atom is -0.391 e. The number of likely N-dealkylation sites (tertiary alicyclic amines) is 1. The van der Waals surface area contributed by atoms with E-state index in [1.54, 1.807) is 4.90 Å². The van der Waals surface area contributed by atoms with Crippen LogP contribution >= 0.6 is 0 Å². The number of rotatable bonds is 5. The SMILES string of the molecule is C[C@@H](O)[C@H](NC(=O)C1CCN(C(=O)[C@H]2CCNC2)C1)C(N)=O. The highest BCUT2D eigenvalue weighted by Gasteiger charge is 2.36. The van der Waals surface area contributed by atoms with E-state index in [-0.39, 0.29) is 23.7 Å². The van der Waals surface area contributed by atoms with Crippen molar-refractivity contribution in [1.29, 1.82) is 0 Å². The maximum atomic E-state index is 12.3. The van der Waals surface area contributed by atoms with Gasteiger partial charge in [0.2, 0.25) is 17.7 Å². The normalized spacial score (nSPS) is 27.5. The van der Waals surface area contributed by atoms with Crippen molar-refractivity contribution in [2.75, 3.05) is 26.2 Å². The molecule has 2 rings (SSSR count). The predicted octanol–water partition coefficient (Wildman–Crippen LogP) is -2.20. The fourth-order valence-electron chi connectivity index (χ4n) is 3.00. The van der Waals surface area contributed by atoms with Crippen molar-refractivity contribution in [2.24, 2.45) is 17.6 Å². The number of primary amides is 1. The largest absolute Gasteiger partial charge is 0.391 e. The number of carbonyl (C=O) groups excluding carboxylic acids is 3. The number of aliphatic hydroxyl groups excluding tert-OH is 1. The molecule has 0 aromatic rings. The lowest BCUT2D eigenvalue weighted by atomic mass is 10.1. The van der Waals surface area contributed by atoms with Gasteiger partial charge >= 0.3 is 0 Å². The highest BCUT2D eigenvalue weighted by atomic mass is 16.3. The molecule has 2 heterocycles. The highest BCUT2D eigenvalue weighted by Crippen LogP contribution is 2.21. The fourth-order valence-corrected chi connectivity index (χ4v) is 3.00. The molecular weight excluding hydrogens is 288 g/mol. The summed E-state index contributed by atoms with van der Waals surface area (Å²) in [5.74, 6) is -1.39. The van der Waals surface area contributed by atoms with E-state index in [9.17, 15) is 19.5 Å². The Bertz CT molecular complexity index is 448. The second-order valence-corrected chi connectivity index (χ2v) is 6.09. The van der Waals surface area contributed by atoms with Gasteiger partial charge in [-0.25, -0.2) is 0 Å². The van der Waals surface area contributed by atoms with Crippen molar-refractivity contribution in [1.82, 2.24) is 15.5 Å². The first-order valence-electron chi connectivity index (χ1n) is 7.67. The van der Waals surface area contributed by atoms with Gasteiger partial charge in [-0.1, -0.05) is 0 Å². The van der Waals surface area contributed by atoms with Gasteiger partial charge in [0, 0.05) is 19.6 Å². The molecule has 5 N–H and O–H groups in total. The van der Waals surface area contributed by atoms with E-state index >= 15 is 0 Å². The lowest BCUT2D eigenvalue weighted by molar-refractivity contribution is -0.135. The van der Waals surface area contributed by atoms with Crippen molar-refractivity contribution in [3.05, 3.63) is 0 Å². The molecule has 0 aliphatic carbocycles. The van der Waals surface area contributed by atoms with Gasteiger partial charge in [0.05, 0.1) is 17.9 Å². The number of hydrogen-bond donors (Lipinski definition) is 4. The quantitative estimate of drug-likeness (QED) is 0.458. The molecule has 2 aliphatic heterocycles. The van der Waals surface area contributed by atoms with Crippen LogP contribution in [0.1, 0.15) is 19.8 Å². The summed E-state index contributed by atoms with van der Waals surface area (Å²) in [6.07, 6.45) is 0.339. The lowest BCUT2D eigenvalue weighted by Gasteiger charge is -2.22. The highest BCUT2D eigenvalue weighted by molar-refractivity contribution is 5.89. The monoisotopic (exact) mass is 312 g/mol. The Morgan fingerprint density at radius 1 is 1.32 bits per heavy atom. The summed E-state index contributed by atoms with van der Waals surface area (Å²) in [6.45, 7) is 3.84. The minimum absolute atomic E-state index is 0.00218. The lowest BCUT2D eigenvalue weighted by Crippen LogP contribution is -2.52. The second kappa shape index (κ2) is 7.06. The zero-order valence-electron chi connectivity index (χ0n) is 12.7. The molecule has 0 spiro atoms. The van der Waals surface area contributed by atoms with Crippen LogP contribution in [0.2, 0.25) is 0 Å². The Morgan fingerprint density at radius 2 is 2.05 bits per heavy atom. The summed E-state index contributed by atoms with van der Waals surface area (Å²) >= 11 is 0. The molecule has 8 nitrogen and oxygen atoms in total. The average molecular weight is 312 g/mol. The van der Waals surface area contributed by atoms with Crippen LogP contribution in [0, 0.1) is 11.8 Å². The Kier molecular flexibility index (Phi) is 5.36. The molecule has 0 saturated carbocycles. The van der Waals surface area contributed by atoms with Crippen molar-refractivity contribution in [3.63, 3.8) is 0 Å². The van der Waals surface area contributed by atoms with E-state index in [1.165, 1.54) is 6.92 Å². The average Bonchev–Trinajstić information content (AvgIpc) is 3.13. The van der Waals surface area contributed by atoms with E-state index in [0.29, 0.717) is 26.1 Å². The third-order valence-electron chi connectivity index (χ3n) is 4.37. The Balaban J connectivity index is 1.87. The van der Waals surface area contributed by atoms with E-state index in [0.717, 1.165) is 13.0 Å². The number of carbonyl (C=O) groups is 3. The summed E-state index contributed by atoms with van der Waals surface area (Å²) in [6, 6.07) is -1.10. The van der Waals surface area contributed by atoms with E-state index in [1.807, 2.05) is 0 Å². The van der Waals surface area contributed by atoms with E-state index in [4.69, 9.17) is 5.73 Å². The number of hydrogen-bond acceptors (Lipinski definition) is 5. The minimum atomic E-state index is -1.10. The number of aliphatic hydroxyl groups is 1. The molecule has 0 bridgehead atoms. The maximum absolute atomic E-state index is 12.3. The Labute approximate surface area is 129 Å². The van der Waals surface area contributed by atoms with E-state index < -0.39 is 18.1 Å². The first-order valence-corrected chi connectivity index (χ1v) is 7.67. The number of nitrogens with two attached hydrogens (primary N) is 1. The van der Waals surface area contributed by atoms with Gasteiger partial charge in [0.1, 0.15) is 6.04 Å². The number of nitrogens with one attached hydrogen (secondary N) is 2. The van der Waals surface area contributed by atoms with Crippen LogP contribution in [0.25, 0.3) is 0 Å². The molecule has 0 aromatic carbocycles. The summed E-state index contributed by atoms with van der Waals surface area (Å²) in [5, 5.41) is 15.1. The van der Waals surface area contributed by atoms with Crippen LogP contribution in [-0.4, -0.2) is 66.1 Å². The van der Waals surface area contributed by atoms with Gasteiger partial charge in [-0.05, 0) is 26.3 Å². The zero-order chi connectivity index (χ0) is 16.3.